The Hall–Kier alpha value is -0.0800. The number of nitrogens with one attached hydrogen (secondary N) is 1. The maximum absolute atomic E-state index is 5.31. The van der Waals surface area contributed by atoms with Crippen molar-refractivity contribution in [3.05, 3.63) is 0 Å². The van der Waals surface area contributed by atoms with Gasteiger partial charge in [0.1, 0.15) is 0 Å². The van der Waals surface area contributed by atoms with Crippen LogP contribution in [-0.2, 0) is 4.74 Å². The van der Waals surface area contributed by atoms with Crippen LogP contribution >= 0.6 is 0 Å². The van der Waals surface area contributed by atoms with Crippen LogP contribution < -0.4 is 5.32 Å². The van der Waals surface area contributed by atoms with Gasteiger partial charge in [-0.3, -0.25) is 0 Å². The molecule has 14 heavy (non-hydrogen) atoms. The van der Waals surface area contributed by atoms with Gasteiger partial charge in [0.05, 0.1) is 6.10 Å². The van der Waals surface area contributed by atoms with Gasteiger partial charge in [0.25, 0.3) is 0 Å². The van der Waals surface area contributed by atoms with Crippen LogP contribution in [0.25, 0.3) is 0 Å². The zero-order valence-corrected chi connectivity index (χ0v) is 9.88. The Morgan fingerprint density at radius 3 is 2.64 bits per heavy atom. The fourth-order valence-electron chi connectivity index (χ4n) is 1.93. The minimum Gasteiger partial charge on any atom is -0.382 e. The Bertz CT molecular complexity index is 145. The van der Waals surface area contributed by atoms with Crippen LogP contribution in [0.2, 0.25) is 0 Å². The second-order valence-corrected chi connectivity index (χ2v) is 4.56. The van der Waals surface area contributed by atoms with E-state index in [0.29, 0.717) is 12.1 Å². The first-order chi connectivity index (χ1) is 6.76. The van der Waals surface area contributed by atoms with Crippen molar-refractivity contribution < 1.29 is 4.74 Å². The topological polar surface area (TPSA) is 21.3 Å². The van der Waals surface area contributed by atoms with Gasteiger partial charge in [0.2, 0.25) is 0 Å². The van der Waals surface area contributed by atoms with Gasteiger partial charge < -0.3 is 10.1 Å². The van der Waals surface area contributed by atoms with E-state index in [1.165, 1.54) is 25.7 Å². The highest BCUT2D eigenvalue weighted by Crippen LogP contribution is 2.34. The van der Waals surface area contributed by atoms with Crippen LogP contribution in [0.4, 0.5) is 0 Å². The van der Waals surface area contributed by atoms with Crippen molar-refractivity contribution in [3.8, 4) is 0 Å². The van der Waals surface area contributed by atoms with Crippen LogP contribution in [-0.4, -0.2) is 25.8 Å². The third-order valence-corrected chi connectivity index (χ3v) is 3.13. The molecule has 1 fully saturated rings. The van der Waals surface area contributed by atoms with Crippen molar-refractivity contribution in [2.24, 2.45) is 5.92 Å². The third-order valence-electron chi connectivity index (χ3n) is 3.13. The fourth-order valence-corrected chi connectivity index (χ4v) is 1.93. The van der Waals surface area contributed by atoms with Gasteiger partial charge in [-0.2, -0.15) is 0 Å². The highest BCUT2D eigenvalue weighted by molar-refractivity contribution is 4.77. The molecule has 0 amide bonds. The van der Waals surface area contributed by atoms with Gasteiger partial charge >= 0.3 is 0 Å². The average Bonchev–Trinajstić information content (AvgIpc) is 2.98. The molecule has 1 N–H and O–H groups in total. The summed E-state index contributed by atoms with van der Waals surface area (Å²) in [6, 6.07) is 0.663. The second kappa shape index (κ2) is 6.41. The third kappa shape index (κ3) is 4.97. The molecular weight excluding hydrogens is 174 g/mol. The summed E-state index contributed by atoms with van der Waals surface area (Å²) < 4.78 is 5.31. The Labute approximate surface area is 88.4 Å². The Kier molecular flexibility index (Phi) is 5.49. The van der Waals surface area contributed by atoms with E-state index in [9.17, 15) is 0 Å². The molecule has 0 saturated heterocycles. The zero-order chi connectivity index (χ0) is 10.4. The number of hydrogen-bond donors (Lipinski definition) is 1. The quantitative estimate of drug-likeness (QED) is 0.649. The highest BCUT2D eigenvalue weighted by atomic mass is 16.5. The van der Waals surface area contributed by atoms with Crippen molar-refractivity contribution >= 4 is 0 Å². The summed E-state index contributed by atoms with van der Waals surface area (Å²) in [5, 5.41) is 3.55. The van der Waals surface area contributed by atoms with Crippen LogP contribution in [0.1, 0.15) is 46.0 Å². The molecule has 0 aliphatic heterocycles. The van der Waals surface area contributed by atoms with Crippen LogP contribution in [0.5, 0.6) is 0 Å². The number of methoxy groups -OCH3 is 1. The molecule has 2 atom stereocenters. The molecule has 2 nitrogen and oxygen atoms in total. The summed E-state index contributed by atoms with van der Waals surface area (Å²) in [4.78, 5) is 0. The minimum atomic E-state index is 0.387. The highest BCUT2D eigenvalue weighted by Gasteiger charge is 2.22. The lowest BCUT2D eigenvalue weighted by Crippen LogP contribution is -2.32. The van der Waals surface area contributed by atoms with E-state index in [0.717, 1.165) is 18.9 Å². The average molecular weight is 199 g/mol. The molecule has 84 valence electrons. The van der Waals surface area contributed by atoms with Crippen LogP contribution in [0.3, 0.4) is 0 Å². The Balaban J connectivity index is 2.14. The molecule has 0 heterocycles. The molecule has 2 unspecified atom stereocenters. The molecule has 1 aliphatic carbocycles. The summed E-state index contributed by atoms with van der Waals surface area (Å²) in [5.74, 6) is 1.05. The molecule has 0 bridgehead atoms. The molecule has 0 aromatic heterocycles. The van der Waals surface area contributed by atoms with Crippen molar-refractivity contribution in [1.29, 1.82) is 0 Å². The van der Waals surface area contributed by atoms with Crippen molar-refractivity contribution in [3.63, 3.8) is 0 Å². The minimum absolute atomic E-state index is 0.387. The van der Waals surface area contributed by atoms with E-state index in [1.54, 1.807) is 7.11 Å². The summed E-state index contributed by atoms with van der Waals surface area (Å²) in [6.07, 6.45) is 7.22. The fraction of sp³-hybridized carbons (Fsp3) is 1.00. The SMILES string of the molecule is CCNC(CCC1CC1)CC(C)OC. The first-order valence-corrected chi connectivity index (χ1v) is 6.02. The van der Waals surface area contributed by atoms with E-state index in [1.807, 2.05) is 0 Å². The summed E-state index contributed by atoms with van der Waals surface area (Å²) >= 11 is 0. The van der Waals surface area contributed by atoms with Crippen molar-refractivity contribution in [2.45, 2.75) is 58.1 Å². The van der Waals surface area contributed by atoms with Gasteiger partial charge in [-0.05, 0) is 38.6 Å². The molecular formula is C12H25NO. The van der Waals surface area contributed by atoms with E-state index < -0.39 is 0 Å². The van der Waals surface area contributed by atoms with Crippen molar-refractivity contribution in [2.75, 3.05) is 13.7 Å². The maximum atomic E-state index is 5.31. The standard InChI is InChI=1S/C12H25NO/c1-4-13-12(9-10(2)14-3)8-7-11-5-6-11/h10-13H,4-9H2,1-3H3. The lowest BCUT2D eigenvalue weighted by Gasteiger charge is -2.21. The predicted octanol–water partition coefficient (Wildman–Crippen LogP) is 2.58. The van der Waals surface area contributed by atoms with Crippen molar-refractivity contribution in [1.82, 2.24) is 5.32 Å². The Morgan fingerprint density at radius 2 is 2.14 bits per heavy atom. The molecule has 0 radical (unpaired) electrons. The summed E-state index contributed by atoms with van der Waals surface area (Å²) in [7, 11) is 1.80. The number of rotatable bonds is 8. The van der Waals surface area contributed by atoms with E-state index in [4.69, 9.17) is 4.74 Å². The molecule has 0 aromatic carbocycles. The molecule has 1 saturated carbocycles. The monoisotopic (exact) mass is 199 g/mol. The van der Waals surface area contributed by atoms with Gasteiger partial charge in [-0.1, -0.05) is 19.8 Å². The molecule has 2 heteroatoms. The lowest BCUT2D eigenvalue weighted by molar-refractivity contribution is 0.0990. The zero-order valence-electron chi connectivity index (χ0n) is 9.88. The van der Waals surface area contributed by atoms with Gasteiger partial charge in [0.15, 0.2) is 0 Å². The Morgan fingerprint density at radius 1 is 1.43 bits per heavy atom. The van der Waals surface area contributed by atoms with Gasteiger partial charge in [0, 0.05) is 13.2 Å². The normalized spacial score (nSPS) is 20.8. The first kappa shape index (κ1) is 12.0. The maximum Gasteiger partial charge on any atom is 0.0558 e. The second-order valence-electron chi connectivity index (χ2n) is 4.56. The number of ether oxygens (including phenoxy) is 1. The van der Waals surface area contributed by atoms with E-state index >= 15 is 0 Å². The van der Waals surface area contributed by atoms with Crippen LogP contribution in [0, 0.1) is 5.92 Å². The predicted molar refractivity (Wildman–Crippen MR) is 60.5 cm³/mol. The van der Waals surface area contributed by atoms with Crippen LogP contribution in [0.15, 0.2) is 0 Å². The molecule has 0 spiro atoms. The molecule has 1 rings (SSSR count). The molecule has 1 aliphatic rings. The molecule has 0 aromatic rings. The van der Waals surface area contributed by atoms with E-state index in [-0.39, 0.29) is 0 Å². The smallest absolute Gasteiger partial charge is 0.0558 e. The first-order valence-electron chi connectivity index (χ1n) is 6.02. The summed E-state index contributed by atoms with van der Waals surface area (Å²) in [5.41, 5.74) is 0. The van der Waals surface area contributed by atoms with Gasteiger partial charge in [-0.25, -0.2) is 0 Å². The number of hydrogen-bond acceptors (Lipinski definition) is 2. The largest absolute Gasteiger partial charge is 0.382 e. The van der Waals surface area contributed by atoms with E-state index in [2.05, 4.69) is 19.2 Å². The van der Waals surface area contributed by atoms with Gasteiger partial charge in [-0.15, -0.1) is 0 Å². The lowest BCUT2D eigenvalue weighted by atomic mass is 10.0. The summed E-state index contributed by atoms with van der Waals surface area (Å²) in [6.45, 7) is 5.41.